The molecule has 0 aromatic heterocycles. The van der Waals surface area contributed by atoms with Gasteiger partial charge in [0.1, 0.15) is 0 Å². The lowest BCUT2D eigenvalue weighted by Gasteiger charge is -2.28. The predicted octanol–water partition coefficient (Wildman–Crippen LogP) is 3.06. The van der Waals surface area contributed by atoms with Crippen LogP contribution in [0.25, 0.3) is 6.08 Å². The van der Waals surface area contributed by atoms with Gasteiger partial charge in [-0.2, -0.15) is 4.31 Å². The van der Waals surface area contributed by atoms with Crippen LogP contribution in [0.4, 0.5) is 0 Å². The van der Waals surface area contributed by atoms with E-state index >= 15 is 0 Å². The summed E-state index contributed by atoms with van der Waals surface area (Å²) < 4.78 is 32.0. The average molecular weight is 343 g/mol. The average Bonchev–Trinajstić information content (AvgIpc) is 2.61. The van der Waals surface area contributed by atoms with E-state index in [0.29, 0.717) is 13.2 Å². The fraction of sp³-hybridized carbons (Fsp3) is 0.263. The lowest BCUT2D eigenvalue weighted by molar-refractivity contribution is 0.0204. The van der Waals surface area contributed by atoms with Gasteiger partial charge in [-0.05, 0) is 22.8 Å². The third-order valence-electron chi connectivity index (χ3n) is 4.17. The largest absolute Gasteiger partial charge is 0.372 e. The van der Waals surface area contributed by atoms with Crippen molar-refractivity contribution in [2.45, 2.75) is 19.1 Å². The van der Waals surface area contributed by atoms with Crippen LogP contribution in [0.15, 0.2) is 60.0 Å². The van der Waals surface area contributed by atoms with Gasteiger partial charge in [0, 0.05) is 25.4 Å². The van der Waals surface area contributed by atoms with Gasteiger partial charge in [0.15, 0.2) is 0 Å². The molecule has 0 fully saturated rings. The monoisotopic (exact) mass is 343 g/mol. The zero-order valence-corrected chi connectivity index (χ0v) is 14.4. The van der Waals surface area contributed by atoms with Gasteiger partial charge in [-0.15, -0.1) is 0 Å². The molecule has 0 spiro atoms. The molecule has 126 valence electrons. The fourth-order valence-corrected chi connectivity index (χ4v) is 3.66. The summed E-state index contributed by atoms with van der Waals surface area (Å²) in [6, 6.07) is 17.5. The number of rotatable bonds is 5. The van der Waals surface area contributed by atoms with E-state index in [9.17, 15) is 8.42 Å². The molecule has 0 N–H and O–H groups in total. The second-order valence-electron chi connectivity index (χ2n) is 5.94. The summed E-state index contributed by atoms with van der Waals surface area (Å²) in [6.45, 7) is 0.879. The van der Waals surface area contributed by atoms with Crippen LogP contribution < -0.4 is 0 Å². The Balaban J connectivity index is 1.64. The summed E-state index contributed by atoms with van der Waals surface area (Å²) in [7, 11) is -1.87. The van der Waals surface area contributed by atoms with E-state index in [0.717, 1.165) is 12.0 Å². The van der Waals surface area contributed by atoms with Crippen LogP contribution in [0.1, 0.15) is 16.7 Å². The standard InChI is InChI=1S/C19H21NO3S/c1-20(24(21,22)12-11-16-7-3-2-4-8-16)14-19-13-17-9-5-6-10-18(17)15-23-19/h2-12,19H,13-15H2,1H3/b12-11+. The van der Waals surface area contributed by atoms with Crippen molar-refractivity contribution < 1.29 is 13.2 Å². The van der Waals surface area contributed by atoms with Crippen molar-refractivity contribution in [1.29, 1.82) is 0 Å². The topological polar surface area (TPSA) is 46.6 Å². The summed E-state index contributed by atoms with van der Waals surface area (Å²) in [5.41, 5.74) is 3.28. The summed E-state index contributed by atoms with van der Waals surface area (Å²) in [4.78, 5) is 0. The molecule has 5 heteroatoms. The molecule has 3 rings (SSSR count). The van der Waals surface area contributed by atoms with Crippen LogP contribution in [0.3, 0.4) is 0 Å². The molecule has 0 amide bonds. The molecule has 1 aliphatic rings. The summed E-state index contributed by atoms with van der Waals surface area (Å²) >= 11 is 0. The molecular formula is C19H21NO3S. The van der Waals surface area contributed by atoms with Crippen LogP contribution >= 0.6 is 0 Å². The third-order valence-corrected chi connectivity index (χ3v) is 5.67. The van der Waals surface area contributed by atoms with Gasteiger partial charge in [-0.25, -0.2) is 8.42 Å². The molecule has 24 heavy (non-hydrogen) atoms. The first-order chi connectivity index (χ1) is 11.5. The van der Waals surface area contributed by atoms with Crippen molar-refractivity contribution in [3.63, 3.8) is 0 Å². The minimum atomic E-state index is -3.46. The van der Waals surface area contributed by atoms with Gasteiger partial charge in [-0.3, -0.25) is 0 Å². The fourth-order valence-electron chi connectivity index (χ4n) is 2.75. The highest BCUT2D eigenvalue weighted by molar-refractivity contribution is 7.92. The first kappa shape index (κ1) is 16.9. The summed E-state index contributed by atoms with van der Waals surface area (Å²) in [6.07, 6.45) is 2.23. The molecule has 1 heterocycles. The number of hydrogen-bond acceptors (Lipinski definition) is 3. The van der Waals surface area contributed by atoms with Crippen molar-refractivity contribution in [1.82, 2.24) is 4.31 Å². The molecule has 0 radical (unpaired) electrons. The summed E-state index contributed by atoms with van der Waals surface area (Å²) in [5, 5.41) is 1.25. The predicted molar refractivity (Wildman–Crippen MR) is 95.7 cm³/mol. The first-order valence-electron chi connectivity index (χ1n) is 7.92. The van der Waals surface area contributed by atoms with E-state index in [1.165, 1.54) is 20.8 Å². The van der Waals surface area contributed by atoms with Crippen LogP contribution in [0, 0.1) is 0 Å². The first-order valence-corrected chi connectivity index (χ1v) is 9.43. The molecular weight excluding hydrogens is 322 g/mol. The number of fused-ring (bicyclic) bond motifs is 1. The number of nitrogens with zero attached hydrogens (tertiary/aromatic N) is 1. The Kier molecular flexibility index (Phi) is 5.14. The van der Waals surface area contributed by atoms with Crippen LogP contribution in [0.2, 0.25) is 0 Å². The Hall–Kier alpha value is -1.95. The van der Waals surface area contributed by atoms with Gasteiger partial charge < -0.3 is 4.74 Å². The van der Waals surface area contributed by atoms with E-state index in [1.54, 1.807) is 13.1 Å². The Morgan fingerprint density at radius 3 is 2.50 bits per heavy atom. The Bertz CT molecular complexity index is 816. The maximum atomic E-state index is 12.4. The second-order valence-corrected chi connectivity index (χ2v) is 7.87. The maximum absolute atomic E-state index is 12.4. The lowest BCUT2D eigenvalue weighted by Crippen LogP contribution is -2.37. The lowest BCUT2D eigenvalue weighted by atomic mass is 9.99. The van der Waals surface area contributed by atoms with Crippen LogP contribution in [0.5, 0.6) is 0 Å². The second kappa shape index (κ2) is 7.30. The molecule has 0 saturated carbocycles. The Morgan fingerprint density at radius 2 is 1.75 bits per heavy atom. The molecule has 4 nitrogen and oxygen atoms in total. The van der Waals surface area contributed by atoms with E-state index in [2.05, 4.69) is 12.1 Å². The molecule has 0 bridgehead atoms. The van der Waals surface area contributed by atoms with E-state index in [-0.39, 0.29) is 6.10 Å². The van der Waals surface area contributed by atoms with E-state index in [1.807, 2.05) is 42.5 Å². The van der Waals surface area contributed by atoms with Gasteiger partial charge >= 0.3 is 0 Å². The number of hydrogen-bond donors (Lipinski definition) is 0. The zero-order valence-electron chi connectivity index (χ0n) is 13.6. The van der Waals surface area contributed by atoms with Crippen molar-refractivity contribution in [3.05, 3.63) is 76.7 Å². The number of likely N-dealkylation sites (N-methyl/N-ethyl adjacent to an activating group) is 1. The van der Waals surface area contributed by atoms with Crippen molar-refractivity contribution in [2.24, 2.45) is 0 Å². The van der Waals surface area contributed by atoms with Crippen molar-refractivity contribution in [2.75, 3.05) is 13.6 Å². The zero-order chi connectivity index (χ0) is 17.0. The quantitative estimate of drug-likeness (QED) is 0.838. The Morgan fingerprint density at radius 1 is 1.08 bits per heavy atom. The SMILES string of the molecule is CN(CC1Cc2ccccc2CO1)S(=O)(=O)/C=C/c1ccccc1. The van der Waals surface area contributed by atoms with E-state index in [4.69, 9.17) is 4.74 Å². The number of ether oxygens (including phenoxy) is 1. The van der Waals surface area contributed by atoms with Crippen molar-refractivity contribution >= 4 is 16.1 Å². The van der Waals surface area contributed by atoms with Crippen LogP contribution in [-0.4, -0.2) is 32.4 Å². The smallest absolute Gasteiger partial charge is 0.236 e. The molecule has 1 unspecified atom stereocenters. The number of sulfonamides is 1. The minimum Gasteiger partial charge on any atom is -0.372 e. The molecule has 2 aromatic carbocycles. The van der Waals surface area contributed by atoms with Gasteiger partial charge in [0.25, 0.3) is 0 Å². The minimum absolute atomic E-state index is 0.121. The van der Waals surface area contributed by atoms with E-state index < -0.39 is 10.0 Å². The molecule has 0 aliphatic carbocycles. The number of benzene rings is 2. The Labute approximate surface area is 143 Å². The van der Waals surface area contributed by atoms with Gasteiger partial charge in [0.2, 0.25) is 10.0 Å². The maximum Gasteiger partial charge on any atom is 0.236 e. The normalized spacial score (nSPS) is 18.0. The van der Waals surface area contributed by atoms with Gasteiger partial charge in [0.05, 0.1) is 12.7 Å². The van der Waals surface area contributed by atoms with Crippen molar-refractivity contribution in [3.8, 4) is 0 Å². The molecule has 0 saturated heterocycles. The van der Waals surface area contributed by atoms with Crippen LogP contribution in [-0.2, 0) is 27.8 Å². The molecule has 1 aliphatic heterocycles. The third kappa shape index (κ3) is 4.12. The molecule has 1 atom stereocenters. The highest BCUT2D eigenvalue weighted by Gasteiger charge is 2.24. The molecule has 2 aromatic rings. The summed E-state index contributed by atoms with van der Waals surface area (Å²) in [5.74, 6) is 0. The highest BCUT2D eigenvalue weighted by atomic mass is 32.2. The van der Waals surface area contributed by atoms with Gasteiger partial charge in [-0.1, -0.05) is 54.6 Å². The highest BCUT2D eigenvalue weighted by Crippen LogP contribution is 2.21.